The maximum atomic E-state index is 6.25. The van der Waals surface area contributed by atoms with Gasteiger partial charge < -0.3 is 14.3 Å². The Labute approximate surface area is 143 Å². The molecule has 0 bridgehead atoms. The summed E-state index contributed by atoms with van der Waals surface area (Å²) in [6.45, 7) is 2.67. The van der Waals surface area contributed by atoms with Crippen molar-refractivity contribution >= 4 is 11.6 Å². The summed E-state index contributed by atoms with van der Waals surface area (Å²) in [5, 5.41) is 8.03. The van der Waals surface area contributed by atoms with Gasteiger partial charge in [0.15, 0.2) is 23.7 Å². The lowest BCUT2D eigenvalue weighted by Gasteiger charge is -2.30. The number of nitrogens with one attached hydrogen (secondary N) is 1. The van der Waals surface area contributed by atoms with Crippen LogP contribution in [0.1, 0.15) is 11.9 Å². The van der Waals surface area contributed by atoms with Crippen LogP contribution in [-0.4, -0.2) is 46.7 Å². The Morgan fingerprint density at radius 3 is 3.04 bits per heavy atom. The molecule has 0 saturated carbocycles. The first-order valence-corrected chi connectivity index (χ1v) is 8.05. The average Bonchev–Trinajstić information content (AvgIpc) is 3.24. The first kappa shape index (κ1) is 15.3. The lowest BCUT2D eigenvalue weighted by molar-refractivity contribution is 0.190. The van der Waals surface area contributed by atoms with E-state index in [1.807, 2.05) is 25.2 Å². The van der Waals surface area contributed by atoms with E-state index in [-0.39, 0.29) is 6.04 Å². The standard InChI is InChI=1S/C16H16ClN5O2/c1-22-7-6-18-8-12(22)15-20-16(24-21-15)13-14(23-9-19-13)10-4-2-3-5-11(10)17/h2-5,9,12,18H,6-8H2,1H3. The van der Waals surface area contributed by atoms with Crippen LogP contribution in [0.15, 0.2) is 39.6 Å². The van der Waals surface area contributed by atoms with E-state index in [0.29, 0.717) is 28.2 Å². The number of hydrogen-bond donors (Lipinski definition) is 1. The second-order valence-corrected chi connectivity index (χ2v) is 6.08. The Morgan fingerprint density at radius 1 is 1.33 bits per heavy atom. The van der Waals surface area contributed by atoms with Crippen LogP contribution < -0.4 is 5.32 Å². The first-order chi connectivity index (χ1) is 11.7. The van der Waals surface area contributed by atoms with Gasteiger partial charge >= 0.3 is 0 Å². The molecule has 1 saturated heterocycles. The van der Waals surface area contributed by atoms with Crippen molar-refractivity contribution < 1.29 is 8.94 Å². The van der Waals surface area contributed by atoms with E-state index < -0.39 is 0 Å². The van der Waals surface area contributed by atoms with E-state index in [0.717, 1.165) is 25.2 Å². The molecule has 1 unspecified atom stereocenters. The Hall–Kier alpha value is -2.22. The lowest BCUT2D eigenvalue weighted by Crippen LogP contribution is -2.44. The summed E-state index contributed by atoms with van der Waals surface area (Å²) in [5.41, 5.74) is 1.23. The fourth-order valence-electron chi connectivity index (χ4n) is 2.80. The van der Waals surface area contributed by atoms with Gasteiger partial charge in [-0.05, 0) is 19.2 Å². The van der Waals surface area contributed by atoms with Gasteiger partial charge in [-0.1, -0.05) is 28.9 Å². The van der Waals surface area contributed by atoms with E-state index in [1.165, 1.54) is 6.39 Å². The smallest absolute Gasteiger partial charge is 0.280 e. The van der Waals surface area contributed by atoms with Crippen molar-refractivity contribution in [2.45, 2.75) is 6.04 Å². The van der Waals surface area contributed by atoms with Gasteiger partial charge in [-0.3, -0.25) is 4.90 Å². The Bertz CT molecular complexity index is 846. The molecule has 3 heterocycles. The Morgan fingerprint density at radius 2 is 2.21 bits per heavy atom. The van der Waals surface area contributed by atoms with Crippen molar-refractivity contribution in [2.75, 3.05) is 26.7 Å². The molecule has 1 aliphatic rings. The normalized spacial score (nSPS) is 18.8. The van der Waals surface area contributed by atoms with Crippen molar-refractivity contribution in [3.63, 3.8) is 0 Å². The number of nitrogens with zero attached hydrogens (tertiary/aromatic N) is 4. The van der Waals surface area contributed by atoms with Gasteiger partial charge in [0.25, 0.3) is 5.89 Å². The highest BCUT2D eigenvalue weighted by Gasteiger charge is 2.27. The second-order valence-electron chi connectivity index (χ2n) is 5.67. The topological polar surface area (TPSA) is 80.2 Å². The van der Waals surface area contributed by atoms with E-state index in [2.05, 4.69) is 25.3 Å². The summed E-state index contributed by atoms with van der Waals surface area (Å²) < 4.78 is 10.9. The SMILES string of the molecule is CN1CCNCC1c1noc(-c2ncoc2-c2ccccc2Cl)n1. The van der Waals surface area contributed by atoms with Crippen LogP contribution >= 0.6 is 11.6 Å². The number of hydrogen-bond acceptors (Lipinski definition) is 7. The largest absolute Gasteiger partial charge is 0.443 e. The molecule has 24 heavy (non-hydrogen) atoms. The highest BCUT2D eigenvalue weighted by molar-refractivity contribution is 6.33. The molecule has 3 aromatic rings. The molecule has 7 nitrogen and oxygen atoms in total. The number of rotatable bonds is 3. The van der Waals surface area contributed by atoms with Crippen molar-refractivity contribution in [2.24, 2.45) is 0 Å². The minimum Gasteiger partial charge on any atom is -0.443 e. The minimum atomic E-state index is 0.0758. The number of halogens is 1. The van der Waals surface area contributed by atoms with Gasteiger partial charge in [0, 0.05) is 25.2 Å². The maximum Gasteiger partial charge on any atom is 0.280 e. The molecular formula is C16H16ClN5O2. The molecule has 2 aromatic heterocycles. The highest BCUT2D eigenvalue weighted by Crippen LogP contribution is 2.34. The van der Waals surface area contributed by atoms with Crippen molar-refractivity contribution in [3.8, 4) is 22.9 Å². The van der Waals surface area contributed by atoms with Crippen LogP contribution in [-0.2, 0) is 0 Å². The quantitative estimate of drug-likeness (QED) is 0.781. The number of piperazine rings is 1. The zero-order valence-corrected chi connectivity index (χ0v) is 13.8. The number of oxazole rings is 1. The summed E-state index contributed by atoms with van der Waals surface area (Å²) in [6, 6.07) is 7.48. The summed E-state index contributed by atoms with van der Waals surface area (Å²) in [4.78, 5) is 10.9. The molecular weight excluding hydrogens is 330 g/mol. The highest BCUT2D eigenvalue weighted by atomic mass is 35.5. The fourth-order valence-corrected chi connectivity index (χ4v) is 3.02. The average molecular weight is 346 g/mol. The van der Waals surface area contributed by atoms with Crippen LogP contribution in [0.25, 0.3) is 22.9 Å². The predicted molar refractivity (Wildman–Crippen MR) is 88.5 cm³/mol. The van der Waals surface area contributed by atoms with E-state index >= 15 is 0 Å². The van der Waals surface area contributed by atoms with Crippen molar-refractivity contribution in [1.82, 2.24) is 25.3 Å². The molecule has 4 rings (SSSR count). The third kappa shape index (κ3) is 2.71. The molecule has 1 atom stereocenters. The minimum absolute atomic E-state index is 0.0758. The van der Waals surface area contributed by atoms with Crippen molar-refractivity contribution in [1.29, 1.82) is 0 Å². The fraction of sp³-hybridized carbons (Fsp3) is 0.312. The number of benzene rings is 1. The van der Waals surface area contributed by atoms with Gasteiger partial charge in [0.2, 0.25) is 0 Å². The molecule has 124 valence electrons. The molecule has 1 N–H and O–H groups in total. The molecule has 0 amide bonds. The third-order valence-electron chi connectivity index (χ3n) is 4.14. The summed E-state index contributed by atoms with van der Waals surface area (Å²) >= 11 is 6.25. The maximum absolute atomic E-state index is 6.25. The van der Waals surface area contributed by atoms with Crippen LogP contribution in [0.4, 0.5) is 0 Å². The lowest BCUT2D eigenvalue weighted by atomic mass is 10.1. The first-order valence-electron chi connectivity index (χ1n) is 7.67. The zero-order chi connectivity index (χ0) is 16.5. The van der Waals surface area contributed by atoms with E-state index in [1.54, 1.807) is 6.07 Å². The van der Waals surface area contributed by atoms with Gasteiger partial charge in [0.1, 0.15) is 0 Å². The molecule has 0 spiro atoms. The number of aromatic nitrogens is 3. The molecule has 8 heteroatoms. The van der Waals surface area contributed by atoms with Crippen LogP contribution in [0.3, 0.4) is 0 Å². The number of likely N-dealkylation sites (N-methyl/N-ethyl adjacent to an activating group) is 1. The zero-order valence-electron chi connectivity index (χ0n) is 13.1. The molecule has 0 aliphatic carbocycles. The molecule has 1 aliphatic heterocycles. The van der Waals surface area contributed by atoms with Gasteiger partial charge in [-0.2, -0.15) is 4.98 Å². The van der Waals surface area contributed by atoms with Gasteiger partial charge in [-0.25, -0.2) is 4.98 Å². The van der Waals surface area contributed by atoms with Gasteiger partial charge in [-0.15, -0.1) is 0 Å². The van der Waals surface area contributed by atoms with E-state index in [9.17, 15) is 0 Å². The van der Waals surface area contributed by atoms with E-state index in [4.69, 9.17) is 20.5 Å². The van der Waals surface area contributed by atoms with Crippen molar-refractivity contribution in [3.05, 3.63) is 41.5 Å². The molecule has 1 aromatic carbocycles. The summed E-state index contributed by atoms with van der Waals surface area (Å²) in [6.07, 6.45) is 1.35. The summed E-state index contributed by atoms with van der Waals surface area (Å²) in [7, 11) is 2.05. The Balaban J connectivity index is 1.69. The Kier molecular flexibility index (Phi) is 4.05. The molecule has 1 fully saturated rings. The summed E-state index contributed by atoms with van der Waals surface area (Å²) in [5.74, 6) is 1.48. The van der Waals surface area contributed by atoms with Crippen LogP contribution in [0.5, 0.6) is 0 Å². The van der Waals surface area contributed by atoms with Gasteiger partial charge in [0.05, 0.1) is 11.1 Å². The van der Waals surface area contributed by atoms with Crippen LogP contribution in [0, 0.1) is 0 Å². The molecule has 0 radical (unpaired) electrons. The monoisotopic (exact) mass is 345 g/mol. The predicted octanol–water partition coefficient (Wildman–Crippen LogP) is 2.62. The van der Waals surface area contributed by atoms with Crippen LogP contribution in [0.2, 0.25) is 5.02 Å². The second kappa shape index (κ2) is 6.35. The third-order valence-corrected chi connectivity index (χ3v) is 4.47.